The molecular formula is C22H30N4O5. The van der Waals surface area contributed by atoms with Crippen LogP contribution in [0.5, 0.6) is 0 Å². The zero-order valence-electron chi connectivity index (χ0n) is 18.4. The Balaban J connectivity index is 1.55. The summed E-state index contributed by atoms with van der Waals surface area (Å²) in [6, 6.07) is 6.85. The molecule has 1 saturated carbocycles. The number of rotatable bonds is 4. The van der Waals surface area contributed by atoms with Gasteiger partial charge in [0.05, 0.1) is 0 Å². The van der Waals surface area contributed by atoms with Crippen LogP contribution in [0.1, 0.15) is 52.0 Å². The third kappa shape index (κ3) is 5.53. The van der Waals surface area contributed by atoms with Gasteiger partial charge in [0.1, 0.15) is 11.1 Å². The van der Waals surface area contributed by atoms with Gasteiger partial charge in [0.25, 0.3) is 5.91 Å². The monoisotopic (exact) mass is 430 g/mol. The Labute approximate surface area is 181 Å². The molecule has 1 aliphatic heterocycles. The highest BCUT2D eigenvalue weighted by Crippen LogP contribution is 2.34. The van der Waals surface area contributed by atoms with Gasteiger partial charge in [-0.1, -0.05) is 12.1 Å². The summed E-state index contributed by atoms with van der Waals surface area (Å²) >= 11 is 0. The van der Waals surface area contributed by atoms with Crippen LogP contribution in [0.25, 0.3) is 0 Å². The van der Waals surface area contributed by atoms with Crippen LogP contribution in [0.3, 0.4) is 0 Å². The molecule has 3 N–H and O–H groups in total. The summed E-state index contributed by atoms with van der Waals surface area (Å²) in [4.78, 5) is 49.9. The van der Waals surface area contributed by atoms with Gasteiger partial charge in [0.2, 0.25) is 5.91 Å². The van der Waals surface area contributed by atoms with Crippen LogP contribution < -0.4 is 16.0 Å². The van der Waals surface area contributed by atoms with Crippen molar-refractivity contribution in [2.75, 3.05) is 12.4 Å². The quantitative estimate of drug-likeness (QED) is 0.635. The Morgan fingerprint density at radius 3 is 2.48 bits per heavy atom. The van der Waals surface area contributed by atoms with Crippen LogP contribution in [-0.2, 0) is 20.9 Å². The number of amides is 5. The summed E-state index contributed by atoms with van der Waals surface area (Å²) in [5.74, 6) is -0.653. The van der Waals surface area contributed by atoms with Crippen LogP contribution in [0.15, 0.2) is 24.3 Å². The van der Waals surface area contributed by atoms with E-state index >= 15 is 0 Å². The van der Waals surface area contributed by atoms with Crippen molar-refractivity contribution < 1.29 is 23.9 Å². The van der Waals surface area contributed by atoms with E-state index in [0.717, 1.165) is 5.56 Å². The fraction of sp³-hybridized carbons (Fsp3) is 0.545. The molecule has 9 nitrogen and oxygen atoms in total. The van der Waals surface area contributed by atoms with Gasteiger partial charge in [0, 0.05) is 25.2 Å². The second kappa shape index (κ2) is 8.56. The van der Waals surface area contributed by atoms with Crippen molar-refractivity contribution in [3.8, 4) is 0 Å². The van der Waals surface area contributed by atoms with Gasteiger partial charge in [-0.3, -0.25) is 14.9 Å². The number of nitrogens with zero attached hydrogens (tertiary/aromatic N) is 1. The first-order valence-electron chi connectivity index (χ1n) is 10.4. The molecule has 1 aliphatic carbocycles. The van der Waals surface area contributed by atoms with Crippen LogP contribution in [0.2, 0.25) is 0 Å². The highest BCUT2D eigenvalue weighted by Gasteiger charge is 2.48. The van der Waals surface area contributed by atoms with Crippen LogP contribution in [0, 0.1) is 5.92 Å². The summed E-state index contributed by atoms with van der Waals surface area (Å²) in [5, 5.41) is 7.91. The normalized spacial score (nSPS) is 23.2. The molecule has 1 heterocycles. The third-order valence-electron chi connectivity index (χ3n) is 5.54. The molecule has 31 heavy (non-hydrogen) atoms. The molecule has 0 unspecified atom stereocenters. The molecule has 0 atom stereocenters. The molecule has 2 aliphatic rings. The van der Waals surface area contributed by atoms with Crippen LogP contribution in [-0.4, -0.2) is 47.0 Å². The highest BCUT2D eigenvalue weighted by molar-refractivity contribution is 6.07. The SMILES string of the molecule is CN(Cc1cccc(NC(=O)C2CCC3(CC2)NC(=O)NC3=O)c1)C(=O)OC(C)(C)C. The van der Waals surface area contributed by atoms with Crippen molar-refractivity contribution in [1.29, 1.82) is 0 Å². The van der Waals surface area contributed by atoms with Crippen molar-refractivity contribution in [1.82, 2.24) is 15.5 Å². The van der Waals surface area contributed by atoms with E-state index in [0.29, 0.717) is 37.9 Å². The second-order valence-electron chi connectivity index (χ2n) is 9.29. The summed E-state index contributed by atoms with van der Waals surface area (Å²) in [6.07, 6.45) is 1.48. The number of benzene rings is 1. The molecule has 0 bridgehead atoms. The number of carbonyl (C=O) groups excluding carboxylic acids is 4. The number of anilines is 1. The predicted octanol–water partition coefficient (Wildman–Crippen LogP) is 2.76. The molecule has 0 aromatic heterocycles. The van der Waals surface area contributed by atoms with Gasteiger partial charge < -0.3 is 20.3 Å². The maximum Gasteiger partial charge on any atom is 0.410 e. The maximum atomic E-state index is 12.7. The molecule has 1 aromatic carbocycles. The van der Waals surface area contributed by atoms with E-state index in [-0.39, 0.29) is 17.7 Å². The lowest BCUT2D eigenvalue weighted by molar-refractivity contribution is -0.128. The fourth-order valence-electron chi connectivity index (χ4n) is 3.92. The predicted molar refractivity (Wildman–Crippen MR) is 114 cm³/mol. The van der Waals surface area contributed by atoms with Crippen molar-refractivity contribution in [3.05, 3.63) is 29.8 Å². The van der Waals surface area contributed by atoms with Gasteiger partial charge in [-0.15, -0.1) is 0 Å². The molecule has 1 aromatic rings. The van der Waals surface area contributed by atoms with Gasteiger partial charge in [-0.05, 0) is 64.2 Å². The molecule has 2 fully saturated rings. The number of urea groups is 1. The van der Waals surface area contributed by atoms with Gasteiger partial charge in [-0.25, -0.2) is 9.59 Å². The van der Waals surface area contributed by atoms with E-state index in [9.17, 15) is 19.2 Å². The first kappa shape index (κ1) is 22.6. The largest absolute Gasteiger partial charge is 0.444 e. The van der Waals surface area contributed by atoms with Gasteiger partial charge in [-0.2, -0.15) is 0 Å². The lowest BCUT2D eigenvalue weighted by atomic mass is 9.76. The maximum absolute atomic E-state index is 12.7. The average molecular weight is 431 g/mol. The summed E-state index contributed by atoms with van der Waals surface area (Å²) in [5.41, 5.74) is 0.0632. The molecule has 168 valence electrons. The Morgan fingerprint density at radius 2 is 1.90 bits per heavy atom. The minimum absolute atomic E-state index is 0.114. The van der Waals surface area contributed by atoms with Crippen molar-refractivity contribution >= 4 is 29.6 Å². The average Bonchev–Trinajstić information content (AvgIpc) is 2.94. The van der Waals surface area contributed by atoms with E-state index in [1.807, 2.05) is 39.0 Å². The molecule has 3 rings (SSSR count). The molecule has 0 radical (unpaired) electrons. The van der Waals surface area contributed by atoms with Gasteiger partial charge in [0.15, 0.2) is 0 Å². The minimum atomic E-state index is -0.875. The van der Waals surface area contributed by atoms with Gasteiger partial charge >= 0.3 is 12.1 Å². The lowest BCUT2D eigenvalue weighted by Crippen LogP contribution is -2.50. The number of ether oxygens (including phenoxy) is 1. The number of nitrogens with one attached hydrogen (secondary N) is 3. The highest BCUT2D eigenvalue weighted by atomic mass is 16.6. The van der Waals surface area contributed by atoms with Crippen molar-refractivity contribution in [2.24, 2.45) is 5.92 Å². The first-order chi connectivity index (χ1) is 14.5. The standard InChI is InChI=1S/C22H30N4O5/c1-21(2,3)31-20(30)26(4)13-14-6-5-7-16(12-14)23-17(27)15-8-10-22(11-9-15)18(28)24-19(29)25-22/h5-7,12,15H,8-11,13H2,1-4H3,(H,23,27)(H2,24,25,28,29). The van der Waals surface area contributed by atoms with Crippen molar-refractivity contribution in [3.63, 3.8) is 0 Å². The molecule has 1 saturated heterocycles. The smallest absolute Gasteiger partial charge is 0.410 e. The third-order valence-corrected chi connectivity index (χ3v) is 5.54. The summed E-state index contributed by atoms with van der Waals surface area (Å²) < 4.78 is 5.36. The lowest BCUT2D eigenvalue weighted by Gasteiger charge is -2.33. The van der Waals surface area contributed by atoms with E-state index < -0.39 is 23.3 Å². The van der Waals surface area contributed by atoms with E-state index in [1.165, 1.54) is 4.90 Å². The van der Waals surface area contributed by atoms with E-state index in [1.54, 1.807) is 13.1 Å². The second-order valence-corrected chi connectivity index (χ2v) is 9.29. The zero-order chi connectivity index (χ0) is 22.8. The Hall–Kier alpha value is -3.10. The van der Waals surface area contributed by atoms with Crippen LogP contribution in [0.4, 0.5) is 15.3 Å². The molecular weight excluding hydrogens is 400 g/mol. The number of imide groups is 1. The first-order valence-corrected chi connectivity index (χ1v) is 10.4. The Kier molecular flexibility index (Phi) is 6.24. The molecule has 5 amide bonds. The number of hydrogen-bond donors (Lipinski definition) is 3. The number of hydrogen-bond acceptors (Lipinski definition) is 5. The summed E-state index contributed by atoms with van der Waals surface area (Å²) in [6.45, 7) is 5.79. The van der Waals surface area contributed by atoms with E-state index in [2.05, 4.69) is 16.0 Å². The fourth-order valence-corrected chi connectivity index (χ4v) is 3.92. The van der Waals surface area contributed by atoms with E-state index in [4.69, 9.17) is 4.74 Å². The molecule has 1 spiro atoms. The zero-order valence-corrected chi connectivity index (χ0v) is 18.4. The Morgan fingerprint density at radius 1 is 1.23 bits per heavy atom. The Bertz CT molecular complexity index is 884. The number of carbonyl (C=O) groups is 4. The topological polar surface area (TPSA) is 117 Å². The van der Waals surface area contributed by atoms with Crippen molar-refractivity contribution in [2.45, 2.75) is 64.1 Å². The molecule has 9 heteroatoms. The minimum Gasteiger partial charge on any atom is -0.444 e. The summed E-state index contributed by atoms with van der Waals surface area (Å²) in [7, 11) is 1.66. The van der Waals surface area contributed by atoms with Crippen LogP contribution >= 0.6 is 0 Å².